The van der Waals surface area contributed by atoms with Gasteiger partial charge < -0.3 is 9.47 Å². The minimum Gasteiger partial charge on any atom is -0.423 e. The summed E-state index contributed by atoms with van der Waals surface area (Å²) in [5.41, 5.74) is -2.21. The molecule has 0 heterocycles. The maximum absolute atomic E-state index is 13.1. The number of hydrogen-bond donors (Lipinski definition) is 0. The van der Waals surface area contributed by atoms with Gasteiger partial charge in [0.05, 0.1) is 22.3 Å². The van der Waals surface area contributed by atoms with Crippen LogP contribution in [0.1, 0.15) is 43.0 Å². The SMILES string of the molecule is O=C(Oc1ccc(Cl)cc1Cc1cc(Cl)ccc1OC(=O)c1cccc(C(F)(F)F)c1)c1cccc(C(F)(F)F)c1. The molecule has 0 saturated carbocycles. The average molecular weight is 613 g/mol. The molecule has 0 radical (unpaired) electrons. The maximum Gasteiger partial charge on any atom is 0.416 e. The molecule has 4 aromatic carbocycles. The Labute approximate surface area is 239 Å². The second kappa shape index (κ2) is 11.8. The van der Waals surface area contributed by atoms with Gasteiger partial charge in [0.2, 0.25) is 0 Å². The van der Waals surface area contributed by atoms with Crippen molar-refractivity contribution < 1.29 is 45.4 Å². The van der Waals surface area contributed by atoms with E-state index in [0.717, 1.165) is 36.4 Å². The highest BCUT2D eigenvalue weighted by Gasteiger charge is 2.32. The molecule has 0 aliphatic rings. The Kier molecular flexibility index (Phi) is 8.65. The Hall–Kier alpha value is -4.02. The molecule has 0 aliphatic carbocycles. The van der Waals surface area contributed by atoms with Crippen LogP contribution < -0.4 is 9.47 Å². The minimum absolute atomic E-state index is 0.0491. The number of carbonyl (C=O) groups excluding carboxylic acids is 2. The summed E-state index contributed by atoms with van der Waals surface area (Å²) in [5, 5.41) is 0.451. The zero-order valence-corrected chi connectivity index (χ0v) is 22.0. The van der Waals surface area contributed by atoms with E-state index in [2.05, 4.69) is 0 Å². The first-order valence-corrected chi connectivity index (χ1v) is 12.3. The molecule has 4 aromatic rings. The van der Waals surface area contributed by atoms with Crippen molar-refractivity contribution in [1.82, 2.24) is 0 Å². The van der Waals surface area contributed by atoms with E-state index in [1.54, 1.807) is 0 Å². The molecule has 4 rings (SSSR count). The third-order valence-electron chi connectivity index (χ3n) is 5.68. The van der Waals surface area contributed by atoms with Crippen LogP contribution in [0.15, 0.2) is 84.9 Å². The van der Waals surface area contributed by atoms with E-state index < -0.39 is 35.4 Å². The molecular weight excluding hydrogens is 597 g/mol. The third-order valence-corrected chi connectivity index (χ3v) is 6.15. The highest BCUT2D eigenvalue weighted by molar-refractivity contribution is 6.31. The van der Waals surface area contributed by atoms with Gasteiger partial charge in [-0.1, -0.05) is 35.3 Å². The number of ether oxygens (including phenoxy) is 2. The normalized spacial score (nSPS) is 11.7. The Bertz CT molecular complexity index is 1500. The highest BCUT2D eigenvalue weighted by Crippen LogP contribution is 2.34. The van der Waals surface area contributed by atoms with Crippen LogP contribution in [-0.2, 0) is 18.8 Å². The van der Waals surface area contributed by atoms with E-state index in [-0.39, 0.29) is 50.2 Å². The number of alkyl halides is 6. The molecule has 4 nitrogen and oxygen atoms in total. The molecule has 0 aromatic heterocycles. The summed E-state index contributed by atoms with van der Waals surface area (Å²) in [7, 11) is 0. The average Bonchev–Trinajstić information content (AvgIpc) is 2.91. The van der Waals surface area contributed by atoms with Crippen molar-refractivity contribution in [1.29, 1.82) is 0 Å². The molecule has 0 amide bonds. The van der Waals surface area contributed by atoms with Crippen molar-refractivity contribution in [3.8, 4) is 11.5 Å². The Morgan fingerprint density at radius 3 is 1.34 bits per heavy atom. The fraction of sp³-hybridized carbons (Fsp3) is 0.103. The van der Waals surface area contributed by atoms with Crippen molar-refractivity contribution >= 4 is 35.1 Å². The number of benzene rings is 4. The van der Waals surface area contributed by atoms with Crippen molar-refractivity contribution in [2.45, 2.75) is 18.8 Å². The van der Waals surface area contributed by atoms with Gasteiger partial charge in [-0.3, -0.25) is 0 Å². The molecule has 0 bridgehead atoms. The molecule has 0 unspecified atom stereocenters. The van der Waals surface area contributed by atoms with Gasteiger partial charge >= 0.3 is 24.3 Å². The number of hydrogen-bond acceptors (Lipinski definition) is 4. The lowest BCUT2D eigenvalue weighted by Gasteiger charge is -2.15. The molecule has 0 spiro atoms. The second-order valence-corrected chi connectivity index (χ2v) is 9.49. The van der Waals surface area contributed by atoms with Gasteiger partial charge in [-0.05, 0) is 72.8 Å². The van der Waals surface area contributed by atoms with Gasteiger partial charge in [0.15, 0.2) is 0 Å². The summed E-state index contributed by atoms with van der Waals surface area (Å²) < 4.78 is 89.3. The number of carbonyl (C=O) groups is 2. The first-order valence-electron chi connectivity index (χ1n) is 11.6. The van der Waals surface area contributed by atoms with E-state index in [1.807, 2.05) is 0 Å². The number of halogens is 8. The van der Waals surface area contributed by atoms with Crippen LogP contribution in [-0.4, -0.2) is 11.9 Å². The summed E-state index contributed by atoms with van der Waals surface area (Å²) >= 11 is 12.3. The summed E-state index contributed by atoms with van der Waals surface area (Å²) in [5.74, 6) is -2.23. The third kappa shape index (κ3) is 7.59. The fourth-order valence-corrected chi connectivity index (χ4v) is 4.13. The molecule has 41 heavy (non-hydrogen) atoms. The highest BCUT2D eigenvalue weighted by atomic mass is 35.5. The molecular formula is C29H16Cl2F6O4. The Morgan fingerprint density at radius 1 is 0.585 bits per heavy atom. The van der Waals surface area contributed by atoms with Crippen LogP contribution >= 0.6 is 23.2 Å². The summed E-state index contributed by atoms with van der Waals surface area (Å²) in [6, 6.07) is 15.7. The number of rotatable bonds is 6. The molecule has 212 valence electrons. The van der Waals surface area contributed by atoms with Crippen LogP contribution in [0, 0.1) is 0 Å². The molecule has 0 aliphatic heterocycles. The Morgan fingerprint density at radius 2 is 0.976 bits per heavy atom. The topological polar surface area (TPSA) is 52.6 Å². The van der Waals surface area contributed by atoms with E-state index in [4.69, 9.17) is 32.7 Å². The summed E-state index contributed by atoms with van der Waals surface area (Å²) in [4.78, 5) is 25.4. The first kappa shape index (κ1) is 30.0. The minimum atomic E-state index is -4.67. The van der Waals surface area contributed by atoms with Gasteiger partial charge in [0.1, 0.15) is 11.5 Å². The van der Waals surface area contributed by atoms with Crippen molar-refractivity contribution in [3.05, 3.63) is 128 Å². The molecule has 0 atom stereocenters. The van der Waals surface area contributed by atoms with Crippen LogP contribution in [0.5, 0.6) is 11.5 Å². The second-order valence-electron chi connectivity index (χ2n) is 8.62. The largest absolute Gasteiger partial charge is 0.423 e. The molecule has 0 N–H and O–H groups in total. The van der Waals surface area contributed by atoms with Crippen LogP contribution in [0.25, 0.3) is 0 Å². The molecule has 12 heteroatoms. The quantitative estimate of drug-likeness (QED) is 0.124. The first-order chi connectivity index (χ1) is 19.2. The zero-order chi connectivity index (χ0) is 29.9. The van der Waals surface area contributed by atoms with Crippen LogP contribution in [0.3, 0.4) is 0 Å². The lowest BCUT2D eigenvalue weighted by Crippen LogP contribution is -2.13. The van der Waals surface area contributed by atoms with E-state index in [1.165, 1.54) is 36.4 Å². The predicted molar refractivity (Wildman–Crippen MR) is 139 cm³/mol. The van der Waals surface area contributed by atoms with Crippen molar-refractivity contribution in [3.63, 3.8) is 0 Å². The fourth-order valence-electron chi connectivity index (χ4n) is 3.74. The van der Waals surface area contributed by atoms with Crippen molar-refractivity contribution in [2.75, 3.05) is 0 Å². The van der Waals surface area contributed by atoms with Crippen LogP contribution in [0.2, 0.25) is 10.0 Å². The summed E-state index contributed by atoms with van der Waals surface area (Å²) in [6.45, 7) is 0. The van der Waals surface area contributed by atoms with Crippen LogP contribution in [0.4, 0.5) is 26.3 Å². The standard InChI is InChI=1S/C29H16Cl2F6O4/c30-22-7-9-24(40-26(38)16-3-1-5-20(12-16)28(32,33)34)18(14-22)11-19-15-23(31)8-10-25(19)41-27(39)17-4-2-6-21(13-17)29(35,36)37/h1-10,12-15H,11H2. The zero-order valence-electron chi connectivity index (χ0n) is 20.4. The van der Waals surface area contributed by atoms with Gasteiger partial charge in [0.25, 0.3) is 0 Å². The van der Waals surface area contributed by atoms with Gasteiger partial charge in [-0.25, -0.2) is 9.59 Å². The van der Waals surface area contributed by atoms with Gasteiger partial charge in [-0.2, -0.15) is 26.3 Å². The monoisotopic (exact) mass is 612 g/mol. The smallest absolute Gasteiger partial charge is 0.416 e. The maximum atomic E-state index is 13.1. The van der Waals surface area contributed by atoms with E-state index in [9.17, 15) is 35.9 Å². The predicted octanol–water partition coefficient (Wildman–Crippen LogP) is 9.06. The van der Waals surface area contributed by atoms with Gasteiger partial charge in [-0.15, -0.1) is 0 Å². The van der Waals surface area contributed by atoms with Gasteiger partial charge in [0, 0.05) is 27.6 Å². The van der Waals surface area contributed by atoms with Crippen molar-refractivity contribution in [2.24, 2.45) is 0 Å². The molecule has 0 saturated heterocycles. The van der Waals surface area contributed by atoms with E-state index in [0.29, 0.717) is 12.1 Å². The lowest BCUT2D eigenvalue weighted by atomic mass is 10.0. The summed E-state index contributed by atoms with van der Waals surface area (Å²) in [6.07, 6.45) is -9.44. The number of esters is 2. The van der Waals surface area contributed by atoms with E-state index >= 15 is 0 Å². The lowest BCUT2D eigenvalue weighted by molar-refractivity contribution is -0.138. The molecule has 0 fully saturated rings. The Balaban J connectivity index is 1.62.